The fraction of sp³-hybridized carbons (Fsp3) is 0.647. The number of aldehydes is 1. The van der Waals surface area contributed by atoms with E-state index in [-0.39, 0.29) is 0 Å². The zero-order valence-corrected chi connectivity index (χ0v) is 12.0. The summed E-state index contributed by atoms with van der Waals surface area (Å²) in [5, 5.41) is 0. The number of carbonyl (C=O) groups excluding carboxylic acids is 1. The molecule has 1 aromatic heterocycles. The van der Waals surface area contributed by atoms with E-state index < -0.39 is 0 Å². The van der Waals surface area contributed by atoms with Crippen LogP contribution in [0.4, 0.5) is 0 Å². The molecule has 2 heteroatoms. The van der Waals surface area contributed by atoms with Crippen LogP contribution in [0.2, 0.25) is 0 Å². The van der Waals surface area contributed by atoms with Crippen molar-refractivity contribution in [1.82, 2.24) is 4.98 Å². The first-order chi connectivity index (χ1) is 9.33. The topological polar surface area (TPSA) is 30.0 Å². The number of rotatable bonds is 6. The molecule has 0 unspecified atom stereocenters. The van der Waals surface area contributed by atoms with Crippen molar-refractivity contribution in [3.8, 4) is 0 Å². The first-order valence-electron chi connectivity index (χ1n) is 7.72. The van der Waals surface area contributed by atoms with E-state index in [4.69, 9.17) is 0 Å². The molecule has 1 saturated carbocycles. The molecular weight excluding hydrogens is 234 g/mol. The van der Waals surface area contributed by atoms with E-state index in [1.54, 1.807) is 0 Å². The van der Waals surface area contributed by atoms with E-state index >= 15 is 0 Å². The molecule has 0 bridgehead atoms. The molecule has 19 heavy (non-hydrogen) atoms. The summed E-state index contributed by atoms with van der Waals surface area (Å²) in [4.78, 5) is 15.0. The van der Waals surface area contributed by atoms with Crippen LogP contribution in [0, 0.1) is 5.92 Å². The van der Waals surface area contributed by atoms with Crippen molar-refractivity contribution in [3.63, 3.8) is 0 Å². The Morgan fingerprint density at radius 2 is 2.05 bits per heavy atom. The lowest BCUT2D eigenvalue weighted by Crippen LogP contribution is -2.14. The van der Waals surface area contributed by atoms with Gasteiger partial charge in [0.25, 0.3) is 0 Å². The number of hydrogen-bond acceptors (Lipinski definition) is 2. The fourth-order valence-electron chi connectivity index (χ4n) is 3.21. The van der Waals surface area contributed by atoms with Crippen LogP contribution >= 0.6 is 0 Å². The van der Waals surface area contributed by atoms with Gasteiger partial charge in [0.1, 0.15) is 6.29 Å². The van der Waals surface area contributed by atoms with Crippen LogP contribution in [0.1, 0.15) is 69.0 Å². The highest BCUT2D eigenvalue weighted by Crippen LogP contribution is 2.36. The molecule has 1 aromatic rings. The predicted octanol–water partition coefficient (Wildman–Crippen LogP) is 4.29. The fourth-order valence-corrected chi connectivity index (χ4v) is 3.21. The maximum absolute atomic E-state index is 10.4. The molecule has 1 aliphatic carbocycles. The molecule has 0 atom stereocenters. The average molecular weight is 259 g/mol. The SMILES string of the molecule is CCC[C@H]1CC[C@H](c2ccc(CCC=O)cn2)CC1. The smallest absolute Gasteiger partial charge is 0.120 e. The summed E-state index contributed by atoms with van der Waals surface area (Å²) < 4.78 is 0. The van der Waals surface area contributed by atoms with Gasteiger partial charge in [-0.15, -0.1) is 0 Å². The third-order valence-electron chi connectivity index (χ3n) is 4.36. The van der Waals surface area contributed by atoms with E-state index in [1.807, 2.05) is 6.20 Å². The Labute approximate surface area is 116 Å². The third-order valence-corrected chi connectivity index (χ3v) is 4.36. The molecule has 2 nitrogen and oxygen atoms in total. The first kappa shape index (κ1) is 14.2. The number of pyridine rings is 1. The van der Waals surface area contributed by atoms with Gasteiger partial charge in [0.2, 0.25) is 0 Å². The second kappa shape index (κ2) is 7.42. The molecular formula is C17H25NO. The molecule has 0 aliphatic heterocycles. The standard InChI is InChI=1S/C17H25NO/c1-2-4-14-6-9-16(10-7-14)17-11-8-15(13-18-17)5-3-12-19/h8,11-14,16H,2-7,9-10H2,1H3/t14-,16-. The van der Waals surface area contributed by atoms with Crippen LogP contribution in [-0.4, -0.2) is 11.3 Å². The van der Waals surface area contributed by atoms with Crippen LogP contribution < -0.4 is 0 Å². The summed E-state index contributed by atoms with van der Waals surface area (Å²) in [6.45, 7) is 2.28. The number of hydrogen-bond donors (Lipinski definition) is 0. The van der Waals surface area contributed by atoms with Crippen molar-refractivity contribution in [1.29, 1.82) is 0 Å². The molecule has 1 aliphatic rings. The van der Waals surface area contributed by atoms with Crippen molar-refractivity contribution < 1.29 is 4.79 Å². The highest BCUT2D eigenvalue weighted by Gasteiger charge is 2.22. The lowest BCUT2D eigenvalue weighted by Gasteiger charge is -2.28. The third kappa shape index (κ3) is 4.15. The molecule has 0 spiro atoms. The average Bonchev–Trinajstić information content (AvgIpc) is 2.47. The zero-order valence-electron chi connectivity index (χ0n) is 12.0. The minimum Gasteiger partial charge on any atom is -0.303 e. The lowest BCUT2D eigenvalue weighted by molar-refractivity contribution is -0.107. The zero-order chi connectivity index (χ0) is 13.5. The Kier molecular flexibility index (Phi) is 5.56. The van der Waals surface area contributed by atoms with Crippen molar-refractivity contribution >= 4 is 6.29 Å². The van der Waals surface area contributed by atoms with Gasteiger partial charge in [-0.1, -0.05) is 25.8 Å². The van der Waals surface area contributed by atoms with Gasteiger partial charge in [0, 0.05) is 24.2 Å². The number of aromatic nitrogens is 1. The highest BCUT2D eigenvalue weighted by molar-refractivity contribution is 5.49. The Bertz CT molecular complexity index is 377. The molecule has 0 amide bonds. The van der Waals surface area contributed by atoms with Gasteiger partial charge in [0.15, 0.2) is 0 Å². The number of aryl methyl sites for hydroxylation is 1. The van der Waals surface area contributed by atoms with Gasteiger partial charge < -0.3 is 4.79 Å². The van der Waals surface area contributed by atoms with Crippen molar-refractivity contribution in [2.75, 3.05) is 0 Å². The summed E-state index contributed by atoms with van der Waals surface area (Å²) >= 11 is 0. The molecule has 0 N–H and O–H groups in total. The minimum absolute atomic E-state index is 0.600. The lowest BCUT2D eigenvalue weighted by atomic mass is 9.78. The number of carbonyl (C=O) groups is 1. The quantitative estimate of drug-likeness (QED) is 0.713. The molecule has 1 heterocycles. The monoisotopic (exact) mass is 259 g/mol. The largest absolute Gasteiger partial charge is 0.303 e. The van der Waals surface area contributed by atoms with E-state index in [1.165, 1.54) is 49.8 Å². The van der Waals surface area contributed by atoms with E-state index in [2.05, 4.69) is 24.0 Å². The summed E-state index contributed by atoms with van der Waals surface area (Å²) in [6, 6.07) is 4.31. The molecule has 2 rings (SSSR count). The Morgan fingerprint density at radius 1 is 1.26 bits per heavy atom. The van der Waals surface area contributed by atoms with Crippen LogP contribution in [0.15, 0.2) is 18.3 Å². The predicted molar refractivity (Wildman–Crippen MR) is 78.2 cm³/mol. The van der Waals surface area contributed by atoms with Crippen LogP contribution in [0.3, 0.4) is 0 Å². The highest BCUT2D eigenvalue weighted by atomic mass is 16.1. The number of nitrogens with zero attached hydrogens (tertiary/aromatic N) is 1. The Morgan fingerprint density at radius 3 is 2.63 bits per heavy atom. The van der Waals surface area contributed by atoms with Crippen LogP contribution in [0.5, 0.6) is 0 Å². The van der Waals surface area contributed by atoms with Crippen LogP contribution in [0.25, 0.3) is 0 Å². The molecule has 0 radical (unpaired) electrons. The van der Waals surface area contributed by atoms with Gasteiger partial charge >= 0.3 is 0 Å². The molecule has 0 aromatic carbocycles. The second-order valence-corrected chi connectivity index (χ2v) is 5.80. The van der Waals surface area contributed by atoms with Gasteiger partial charge in [0.05, 0.1) is 0 Å². The summed E-state index contributed by atoms with van der Waals surface area (Å²) in [5.74, 6) is 1.61. The maximum atomic E-state index is 10.4. The summed E-state index contributed by atoms with van der Waals surface area (Å²) in [5.41, 5.74) is 2.43. The Balaban J connectivity index is 1.87. The Hall–Kier alpha value is -1.18. The van der Waals surface area contributed by atoms with Gasteiger partial charge in [-0.25, -0.2) is 0 Å². The van der Waals surface area contributed by atoms with Crippen molar-refractivity contribution in [3.05, 3.63) is 29.6 Å². The molecule has 1 fully saturated rings. The minimum atomic E-state index is 0.600. The summed E-state index contributed by atoms with van der Waals surface area (Å²) in [6.07, 6.45) is 12.4. The maximum Gasteiger partial charge on any atom is 0.120 e. The van der Waals surface area contributed by atoms with Crippen LogP contribution in [-0.2, 0) is 11.2 Å². The van der Waals surface area contributed by atoms with E-state index in [9.17, 15) is 4.79 Å². The first-order valence-corrected chi connectivity index (χ1v) is 7.72. The summed E-state index contributed by atoms with van der Waals surface area (Å²) in [7, 11) is 0. The van der Waals surface area contributed by atoms with E-state index in [0.29, 0.717) is 12.3 Å². The normalized spacial score (nSPS) is 23.2. The van der Waals surface area contributed by atoms with Gasteiger partial charge in [-0.2, -0.15) is 0 Å². The second-order valence-electron chi connectivity index (χ2n) is 5.80. The van der Waals surface area contributed by atoms with Gasteiger partial charge in [-0.3, -0.25) is 4.98 Å². The van der Waals surface area contributed by atoms with Crippen molar-refractivity contribution in [2.45, 2.75) is 64.2 Å². The van der Waals surface area contributed by atoms with Gasteiger partial charge in [-0.05, 0) is 49.7 Å². The molecule has 0 saturated heterocycles. The van der Waals surface area contributed by atoms with E-state index in [0.717, 1.165) is 18.6 Å². The molecule has 104 valence electrons. The van der Waals surface area contributed by atoms with Crippen molar-refractivity contribution in [2.24, 2.45) is 5.92 Å².